The van der Waals surface area contributed by atoms with Crippen molar-refractivity contribution in [3.05, 3.63) is 59.4 Å². The maximum absolute atomic E-state index is 13.7. The summed E-state index contributed by atoms with van der Waals surface area (Å²) in [6.45, 7) is 6.82. The summed E-state index contributed by atoms with van der Waals surface area (Å²) < 4.78 is 37.1. The van der Waals surface area contributed by atoms with Crippen molar-refractivity contribution in [2.24, 2.45) is 0 Å². The minimum Gasteiger partial charge on any atom is -0.870 e. The number of carboxylic acids is 1. The first-order valence-corrected chi connectivity index (χ1v) is 11.5. The summed E-state index contributed by atoms with van der Waals surface area (Å²) in [6.07, 6.45) is -1.41. The molecule has 0 aliphatic heterocycles. The molecule has 5 N–H and O–H groups in total. The molecule has 0 bridgehead atoms. The molecule has 4 aromatic rings. The van der Waals surface area contributed by atoms with Crippen LogP contribution in [0.5, 0.6) is 0 Å². The molecule has 0 aliphatic rings. The Morgan fingerprint density at radius 2 is 1.52 bits per heavy atom. The van der Waals surface area contributed by atoms with Crippen LogP contribution in [-0.2, 0) is 24.5 Å². The Morgan fingerprint density at radius 3 is 2.02 bits per heavy atom. The number of aliphatic hydroxyl groups is 1. The maximum atomic E-state index is 13.7. The van der Waals surface area contributed by atoms with Crippen LogP contribution < -0.4 is 29.6 Å². The van der Waals surface area contributed by atoms with Crippen LogP contribution in [0.15, 0.2) is 36.4 Å². The van der Waals surface area contributed by atoms with Crippen molar-refractivity contribution < 1.29 is 73.1 Å². The third kappa shape index (κ3) is 7.62. The van der Waals surface area contributed by atoms with Gasteiger partial charge in [0.05, 0.1) is 34.3 Å². The fraction of sp³-hybridized carbons (Fsp3) is 0.385. The SMILES string of the molecule is C.CC(C(=O)O)c1ccc2n[nH]c(F)c2c1.CCOC(=O)C(C)(c1ccc2n[nH]c(F)c2c1)C(O)OCC.[Na+].[OH-]. The zero-order chi connectivity index (χ0) is 27.3. The average molecular weight is 575 g/mol. The topological polar surface area (TPSA) is 180 Å². The molecule has 40 heavy (non-hydrogen) atoms. The van der Waals surface area contributed by atoms with Crippen molar-refractivity contribution in [2.75, 3.05) is 13.2 Å². The number of carbonyl (C=O) groups is 2. The predicted octanol–water partition coefficient (Wildman–Crippen LogP) is 1.23. The smallest absolute Gasteiger partial charge is 0.870 e. The fourth-order valence-corrected chi connectivity index (χ4v) is 3.68. The second-order valence-electron chi connectivity index (χ2n) is 8.37. The molecule has 3 unspecified atom stereocenters. The molecule has 2 aromatic heterocycles. The molecule has 0 amide bonds. The van der Waals surface area contributed by atoms with Crippen LogP contribution in [0.25, 0.3) is 21.8 Å². The van der Waals surface area contributed by atoms with Gasteiger partial charge in [-0.25, -0.2) is 0 Å². The number of benzene rings is 2. The van der Waals surface area contributed by atoms with E-state index in [-0.39, 0.29) is 61.1 Å². The normalized spacial score (nSPS) is 13.4. The number of esters is 1. The molecular weight excluding hydrogens is 541 g/mol. The first kappa shape index (κ1) is 37.1. The molecule has 214 valence electrons. The van der Waals surface area contributed by atoms with Crippen molar-refractivity contribution in [1.82, 2.24) is 20.4 Å². The van der Waals surface area contributed by atoms with Gasteiger partial charge in [0.25, 0.3) is 0 Å². The van der Waals surface area contributed by atoms with Crippen molar-refractivity contribution in [2.45, 2.75) is 52.7 Å². The Labute approximate surface area is 251 Å². The zero-order valence-corrected chi connectivity index (χ0v) is 24.2. The van der Waals surface area contributed by atoms with Gasteiger partial charge in [-0.2, -0.15) is 19.0 Å². The number of carboxylic acid groups (broad SMARTS) is 1. The summed E-state index contributed by atoms with van der Waals surface area (Å²) in [4.78, 5) is 23.1. The zero-order valence-electron chi connectivity index (χ0n) is 22.2. The number of H-pyrrole nitrogens is 2. The Balaban J connectivity index is 0.000000748. The van der Waals surface area contributed by atoms with Crippen molar-refractivity contribution in [1.29, 1.82) is 0 Å². The van der Waals surface area contributed by atoms with E-state index in [1.54, 1.807) is 45.0 Å². The summed E-state index contributed by atoms with van der Waals surface area (Å²) in [7, 11) is 0. The van der Waals surface area contributed by atoms with Gasteiger partial charge in [0.1, 0.15) is 5.41 Å². The molecule has 0 aliphatic carbocycles. The Morgan fingerprint density at radius 1 is 1.00 bits per heavy atom. The van der Waals surface area contributed by atoms with Gasteiger partial charge in [-0.3, -0.25) is 19.8 Å². The molecule has 0 saturated heterocycles. The van der Waals surface area contributed by atoms with Gasteiger partial charge in [-0.05, 0) is 63.1 Å². The van der Waals surface area contributed by atoms with Crippen molar-refractivity contribution >= 4 is 33.7 Å². The number of hydrogen-bond donors (Lipinski definition) is 4. The Kier molecular flexibility index (Phi) is 14.6. The number of ether oxygens (including phenoxy) is 2. The quantitative estimate of drug-likeness (QED) is 0.137. The molecule has 11 nitrogen and oxygen atoms in total. The second-order valence-corrected chi connectivity index (χ2v) is 8.37. The van der Waals surface area contributed by atoms with E-state index in [1.165, 1.54) is 19.1 Å². The number of aliphatic hydroxyl groups excluding tert-OH is 1. The third-order valence-electron chi connectivity index (χ3n) is 6.03. The molecule has 0 saturated carbocycles. The van der Waals surface area contributed by atoms with Crippen LogP contribution in [-0.4, -0.2) is 67.5 Å². The third-order valence-corrected chi connectivity index (χ3v) is 6.03. The van der Waals surface area contributed by atoms with Gasteiger partial charge in [0.2, 0.25) is 11.9 Å². The molecule has 2 heterocycles. The van der Waals surface area contributed by atoms with Crippen molar-refractivity contribution in [3.8, 4) is 0 Å². The number of fused-ring (bicyclic) bond motifs is 2. The first-order valence-electron chi connectivity index (χ1n) is 11.5. The number of hydrogen-bond acceptors (Lipinski definition) is 8. The van der Waals surface area contributed by atoms with Gasteiger partial charge in [0, 0.05) is 6.61 Å². The standard InChI is InChI=1S/C15H19FN2O4.C10H9FN2O2.CH4.Na.H2O/c1-4-21-13(19)15(3,14(20)22-5-2)9-6-7-11-10(8-9)12(16)18-17-11;1-5(10(14)15)6-2-3-8-7(4-6)9(11)13-12-8;;;/h6-8,13,19H,4-5H2,1-3H3,(H,17,18);2-5H,1H3,(H,12,13)(H,14,15);1H4;;1H2/q;;;+1;/p-1. The van der Waals surface area contributed by atoms with E-state index in [2.05, 4.69) is 20.4 Å². The van der Waals surface area contributed by atoms with E-state index in [1.807, 2.05) is 0 Å². The number of nitrogens with zero attached hydrogens (tertiary/aromatic N) is 2. The van der Waals surface area contributed by atoms with Gasteiger partial charge in [-0.15, -0.1) is 0 Å². The van der Waals surface area contributed by atoms with Crippen LogP contribution in [0.3, 0.4) is 0 Å². The number of halogens is 2. The first-order chi connectivity index (χ1) is 17.5. The van der Waals surface area contributed by atoms with Crippen LogP contribution >= 0.6 is 0 Å². The summed E-state index contributed by atoms with van der Waals surface area (Å²) >= 11 is 0. The number of nitrogens with one attached hydrogen (secondary N) is 2. The minimum absolute atomic E-state index is 0. The fourth-order valence-electron chi connectivity index (χ4n) is 3.68. The number of aliphatic carboxylic acids is 1. The monoisotopic (exact) mass is 574 g/mol. The van der Waals surface area contributed by atoms with E-state index in [0.717, 1.165) is 0 Å². The molecule has 0 fully saturated rings. The predicted molar refractivity (Wildman–Crippen MR) is 138 cm³/mol. The molecule has 0 spiro atoms. The Bertz CT molecular complexity index is 1410. The van der Waals surface area contributed by atoms with E-state index >= 15 is 0 Å². The van der Waals surface area contributed by atoms with Crippen LogP contribution in [0, 0.1) is 11.9 Å². The van der Waals surface area contributed by atoms with Crippen LogP contribution in [0.2, 0.25) is 0 Å². The molecule has 2 aromatic carbocycles. The minimum atomic E-state index is -1.47. The molecule has 3 atom stereocenters. The van der Waals surface area contributed by atoms with E-state index in [0.29, 0.717) is 27.5 Å². The summed E-state index contributed by atoms with van der Waals surface area (Å²) in [5.41, 5.74) is 0.409. The summed E-state index contributed by atoms with van der Waals surface area (Å²) in [6, 6.07) is 9.38. The van der Waals surface area contributed by atoms with E-state index < -0.39 is 41.5 Å². The molecular formula is C26H33F2N4NaO7. The number of aromatic nitrogens is 4. The average Bonchev–Trinajstić information content (AvgIpc) is 3.45. The maximum Gasteiger partial charge on any atom is 1.00 e. The second kappa shape index (κ2) is 15.7. The van der Waals surface area contributed by atoms with Gasteiger partial charge >= 0.3 is 41.5 Å². The summed E-state index contributed by atoms with van der Waals surface area (Å²) in [5, 5.41) is 31.6. The number of aromatic amines is 2. The summed E-state index contributed by atoms with van der Waals surface area (Å²) in [5.74, 6) is -3.36. The van der Waals surface area contributed by atoms with Gasteiger partial charge in [0.15, 0.2) is 6.29 Å². The van der Waals surface area contributed by atoms with Gasteiger partial charge in [-0.1, -0.05) is 19.6 Å². The Hall–Kier alpha value is -2.94. The molecule has 4 rings (SSSR count). The largest absolute Gasteiger partial charge is 1.00 e. The number of carbonyl (C=O) groups excluding carboxylic acids is 1. The van der Waals surface area contributed by atoms with Crippen LogP contribution in [0.1, 0.15) is 52.2 Å². The molecule has 14 heteroatoms. The van der Waals surface area contributed by atoms with E-state index in [4.69, 9.17) is 14.6 Å². The number of rotatable bonds is 8. The van der Waals surface area contributed by atoms with E-state index in [9.17, 15) is 23.5 Å². The van der Waals surface area contributed by atoms with Crippen LogP contribution in [0.4, 0.5) is 8.78 Å². The van der Waals surface area contributed by atoms with Gasteiger partial charge < -0.3 is 25.2 Å². The van der Waals surface area contributed by atoms with Crippen molar-refractivity contribution in [3.63, 3.8) is 0 Å². The molecule has 0 radical (unpaired) electrons.